The van der Waals surface area contributed by atoms with Gasteiger partial charge in [-0.2, -0.15) is 0 Å². The van der Waals surface area contributed by atoms with Crippen LogP contribution in [-0.4, -0.2) is 28.7 Å². The zero-order valence-corrected chi connectivity index (χ0v) is 15.3. The first-order valence-corrected chi connectivity index (χ1v) is 9.32. The minimum absolute atomic E-state index is 0.0805. The maximum atomic E-state index is 12.4. The van der Waals surface area contributed by atoms with Crippen molar-refractivity contribution in [3.8, 4) is 5.75 Å². The van der Waals surface area contributed by atoms with Gasteiger partial charge in [0.05, 0.1) is 16.7 Å². The zero-order valence-electron chi connectivity index (χ0n) is 13.0. The van der Waals surface area contributed by atoms with Gasteiger partial charge in [0.15, 0.2) is 0 Å². The van der Waals surface area contributed by atoms with Gasteiger partial charge in [0.1, 0.15) is 17.3 Å². The number of sulfonamides is 1. The van der Waals surface area contributed by atoms with Crippen LogP contribution in [0.2, 0.25) is 10.0 Å². The Labute approximate surface area is 151 Å². The summed E-state index contributed by atoms with van der Waals surface area (Å²) in [7, 11) is -2.21. The van der Waals surface area contributed by atoms with Crippen LogP contribution in [0.4, 0.5) is 0 Å². The molecule has 0 heterocycles. The molecule has 24 heavy (non-hydrogen) atoms. The summed E-state index contributed by atoms with van der Waals surface area (Å²) in [5.74, 6) is 0.688. The Morgan fingerprint density at radius 1 is 1.00 bits per heavy atom. The summed E-state index contributed by atoms with van der Waals surface area (Å²) in [5, 5.41) is 0.161. The molecule has 5 nitrogen and oxygen atoms in total. The summed E-state index contributed by atoms with van der Waals surface area (Å²) in [5.41, 5.74) is 0.779. The molecule has 0 aromatic heterocycles. The number of hydrogen-bond acceptors (Lipinski definition) is 4. The lowest BCUT2D eigenvalue weighted by Crippen LogP contribution is -2.23. The van der Waals surface area contributed by atoms with Crippen molar-refractivity contribution in [1.82, 2.24) is 4.72 Å². The summed E-state index contributed by atoms with van der Waals surface area (Å²) >= 11 is 11.9. The Bertz CT molecular complexity index is 759. The summed E-state index contributed by atoms with van der Waals surface area (Å²) in [6.07, 6.45) is 0. The molecule has 2 aromatic rings. The van der Waals surface area contributed by atoms with Crippen LogP contribution in [-0.2, 0) is 21.3 Å². The van der Waals surface area contributed by atoms with Crippen molar-refractivity contribution in [1.29, 1.82) is 0 Å². The van der Waals surface area contributed by atoms with Gasteiger partial charge in [-0.25, -0.2) is 13.1 Å². The average molecular weight is 390 g/mol. The quantitative estimate of drug-likeness (QED) is 0.701. The van der Waals surface area contributed by atoms with Crippen LogP contribution in [0.5, 0.6) is 5.75 Å². The fourth-order valence-corrected chi connectivity index (χ4v) is 4.09. The first-order valence-electron chi connectivity index (χ1n) is 7.08. The molecular weight excluding hydrogens is 373 g/mol. The highest BCUT2D eigenvalue weighted by Crippen LogP contribution is 2.28. The van der Waals surface area contributed by atoms with E-state index in [0.717, 1.165) is 5.56 Å². The van der Waals surface area contributed by atoms with E-state index in [1.807, 2.05) is 0 Å². The fourth-order valence-electron chi connectivity index (χ4n) is 1.94. The molecule has 130 valence electrons. The predicted octanol–water partition coefficient (Wildman–Crippen LogP) is 3.50. The highest BCUT2D eigenvalue weighted by molar-refractivity contribution is 7.89. The number of benzene rings is 2. The molecule has 0 radical (unpaired) electrons. The van der Waals surface area contributed by atoms with E-state index in [0.29, 0.717) is 19.0 Å². The molecule has 0 aliphatic rings. The lowest BCUT2D eigenvalue weighted by Gasteiger charge is -2.10. The summed E-state index contributed by atoms with van der Waals surface area (Å²) in [4.78, 5) is -0.118. The smallest absolute Gasteiger partial charge is 0.243 e. The van der Waals surface area contributed by atoms with Gasteiger partial charge in [0, 0.05) is 13.7 Å². The van der Waals surface area contributed by atoms with Gasteiger partial charge in [-0.1, -0.05) is 41.4 Å². The Morgan fingerprint density at radius 3 is 2.21 bits per heavy atom. The Morgan fingerprint density at radius 2 is 1.62 bits per heavy atom. The van der Waals surface area contributed by atoms with Crippen LogP contribution >= 0.6 is 23.2 Å². The highest BCUT2D eigenvalue weighted by atomic mass is 35.5. The minimum atomic E-state index is -3.81. The van der Waals surface area contributed by atoms with E-state index in [-0.39, 0.29) is 21.5 Å². The van der Waals surface area contributed by atoms with Crippen molar-refractivity contribution in [2.24, 2.45) is 0 Å². The molecule has 0 atom stereocenters. The van der Waals surface area contributed by atoms with E-state index in [9.17, 15) is 8.42 Å². The summed E-state index contributed by atoms with van der Waals surface area (Å²) in [6, 6.07) is 11.6. The predicted molar refractivity (Wildman–Crippen MR) is 94.3 cm³/mol. The molecule has 0 fully saturated rings. The van der Waals surface area contributed by atoms with Crippen molar-refractivity contribution in [3.63, 3.8) is 0 Å². The number of methoxy groups -OCH3 is 1. The Balaban J connectivity index is 2.02. The van der Waals surface area contributed by atoms with Crippen molar-refractivity contribution in [3.05, 3.63) is 58.1 Å². The molecule has 0 amide bonds. The van der Waals surface area contributed by atoms with E-state index < -0.39 is 10.0 Å². The standard InChI is InChI=1S/C16H17Cl2NO4S/c1-22-9-10-23-13-7-5-12(6-8-13)11-19-24(20,21)16-14(17)3-2-4-15(16)18/h2-8,19H,9-11H2,1H3. The van der Waals surface area contributed by atoms with Gasteiger partial charge < -0.3 is 9.47 Å². The Hall–Kier alpha value is -1.31. The molecule has 8 heteroatoms. The molecule has 0 bridgehead atoms. The molecule has 1 N–H and O–H groups in total. The maximum Gasteiger partial charge on any atom is 0.243 e. The average Bonchev–Trinajstić information content (AvgIpc) is 2.54. The number of hydrogen-bond donors (Lipinski definition) is 1. The molecule has 0 aliphatic carbocycles. The second-order valence-electron chi connectivity index (χ2n) is 4.86. The van der Waals surface area contributed by atoms with Gasteiger partial charge in [-0.05, 0) is 29.8 Å². The van der Waals surface area contributed by atoms with Crippen molar-refractivity contribution < 1.29 is 17.9 Å². The van der Waals surface area contributed by atoms with Gasteiger partial charge in [0.2, 0.25) is 10.0 Å². The van der Waals surface area contributed by atoms with Crippen LogP contribution in [0.15, 0.2) is 47.4 Å². The number of rotatable bonds is 8. The normalized spacial score (nSPS) is 11.5. The minimum Gasteiger partial charge on any atom is -0.491 e. The molecule has 2 aromatic carbocycles. The van der Waals surface area contributed by atoms with E-state index >= 15 is 0 Å². The van der Waals surface area contributed by atoms with Crippen LogP contribution in [0.3, 0.4) is 0 Å². The third-order valence-corrected chi connectivity index (χ3v) is 5.49. The third-order valence-electron chi connectivity index (χ3n) is 3.13. The molecule has 0 unspecified atom stereocenters. The lowest BCUT2D eigenvalue weighted by atomic mass is 10.2. The second kappa shape index (κ2) is 8.69. The van der Waals surface area contributed by atoms with Crippen molar-refractivity contribution in [2.75, 3.05) is 20.3 Å². The van der Waals surface area contributed by atoms with Crippen LogP contribution < -0.4 is 9.46 Å². The van der Waals surface area contributed by atoms with Gasteiger partial charge in [-0.15, -0.1) is 0 Å². The molecule has 0 saturated carbocycles. The van der Waals surface area contributed by atoms with E-state index in [1.54, 1.807) is 37.4 Å². The number of nitrogens with one attached hydrogen (secondary N) is 1. The van der Waals surface area contributed by atoms with Gasteiger partial charge in [-0.3, -0.25) is 0 Å². The molecular formula is C16H17Cl2NO4S. The Kier molecular flexibility index (Phi) is 6.89. The molecule has 0 spiro atoms. The highest BCUT2D eigenvalue weighted by Gasteiger charge is 2.21. The SMILES string of the molecule is COCCOc1ccc(CNS(=O)(=O)c2c(Cl)cccc2Cl)cc1. The largest absolute Gasteiger partial charge is 0.491 e. The summed E-state index contributed by atoms with van der Waals surface area (Å²) < 4.78 is 37.6. The van der Waals surface area contributed by atoms with Crippen LogP contribution in [0.1, 0.15) is 5.56 Å². The zero-order chi connectivity index (χ0) is 17.6. The van der Waals surface area contributed by atoms with Gasteiger partial charge in [0.25, 0.3) is 0 Å². The molecule has 0 saturated heterocycles. The van der Waals surface area contributed by atoms with E-state index in [4.69, 9.17) is 32.7 Å². The monoisotopic (exact) mass is 389 g/mol. The first-order chi connectivity index (χ1) is 11.4. The topological polar surface area (TPSA) is 64.6 Å². The van der Waals surface area contributed by atoms with E-state index in [2.05, 4.69) is 4.72 Å². The number of ether oxygens (including phenoxy) is 2. The van der Waals surface area contributed by atoms with Crippen LogP contribution in [0, 0.1) is 0 Å². The van der Waals surface area contributed by atoms with Crippen molar-refractivity contribution >= 4 is 33.2 Å². The van der Waals surface area contributed by atoms with E-state index in [1.165, 1.54) is 12.1 Å². The molecule has 0 aliphatic heterocycles. The third kappa shape index (κ3) is 5.09. The second-order valence-corrected chi connectivity index (χ2v) is 7.38. The van der Waals surface area contributed by atoms with Crippen molar-refractivity contribution in [2.45, 2.75) is 11.4 Å². The summed E-state index contributed by atoms with van der Waals surface area (Å²) in [6.45, 7) is 1.07. The van der Waals surface area contributed by atoms with Crippen LogP contribution in [0.25, 0.3) is 0 Å². The van der Waals surface area contributed by atoms with Gasteiger partial charge >= 0.3 is 0 Å². The maximum absolute atomic E-state index is 12.4. The lowest BCUT2D eigenvalue weighted by molar-refractivity contribution is 0.146. The first kappa shape index (κ1) is 19.0. The number of halogens is 2. The molecule has 2 rings (SSSR count). The fraction of sp³-hybridized carbons (Fsp3) is 0.250.